The highest BCUT2D eigenvalue weighted by Crippen LogP contribution is 2.11. The van der Waals surface area contributed by atoms with Gasteiger partial charge in [0, 0.05) is 13.1 Å². The van der Waals surface area contributed by atoms with Crippen LogP contribution >= 0.6 is 0 Å². The minimum atomic E-state index is -0.147. The SMILES string of the molecule is CCCCCCCCCCCC/C=C/C=C\C(=O)N(C)OC. The molecule has 0 saturated heterocycles. The molecule has 22 heavy (non-hydrogen) atoms. The summed E-state index contributed by atoms with van der Waals surface area (Å²) in [5, 5.41) is 1.20. The lowest BCUT2D eigenvalue weighted by Gasteiger charge is -2.09. The van der Waals surface area contributed by atoms with Gasteiger partial charge < -0.3 is 0 Å². The van der Waals surface area contributed by atoms with Gasteiger partial charge in [-0.15, -0.1) is 0 Å². The normalized spacial score (nSPS) is 11.6. The Kier molecular flexibility index (Phi) is 15.5. The maximum absolute atomic E-state index is 11.4. The third-order valence-corrected chi connectivity index (χ3v) is 3.79. The first kappa shape index (κ1) is 20.9. The lowest BCUT2D eigenvalue weighted by Crippen LogP contribution is -2.22. The van der Waals surface area contributed by atoms with Gasteiger partial charge in [-0.1, -0.05) is 82.9 Å². The fraction of sp³-hybridized carbons (Fsp3) is 0.737. The van der Waals surface area contributed by atoms with Crippen molar-refractivity contribution >= 4 is 5.91 Å². The fourth-order valence-corrected chi connectivity index (χ4v) is 2.26. The number of rotatable bonds is 14. The van der Waals surface area contributed by atoms with Gasteiger partial charge in [-0.25, -0.2) is 5.06 Å². The van der Waals surface area contributed by atoms with E-state index < -0.39 is 0 Å². The first-order valence-corrected chi connectivity index (χ1v) is 8.87. The van der Waals surface area contributed by atoms with E-state index in [9.17, 15) is 4.79 Å². The summed E-state index contributed by atoms with van der Waals surface area (Å²) in [6.07, 6.45) is 22.1. The van der Waals surface area contributed by atoms with Crippen molar-refractivity contribution in [3.63, 3.8) is 0 Å². The number of unbranched alkanes of at least 4 members (excludes halogenated alkanes) is 10. The van der Waals surface area contributed by atoms with E-state index in [0.717, 1.165) is 6.42 Å². The molecule has 0 aliphatic rings. The molecule has 0 aliphatic heterocycles. The molecule has 0 atom stereocenters. The van der Waals surface area contributed by atoms with Crippen LogP contribution in [0, 0.1) is 0 Å². The molecule has 0 aliphatic carbocycles. The van der Waals surface area contributed by atoms with Crippen molar-refractivity contribution in [1.82, 2.24) is 5.06 Å². The van der Waals surface area contributed by atoms with Gasteiger partial charge in [-0.05, 0) is 12.8 Å². The molecule has 0 saturated carbocycles. The molecular weight excluding hydrogens is 274 g/mol. The summed E-state index contributed by atoms with van der Waals surface area (Å²) in [7, 11) is 3.08. The second kappa shape index (κ2) is 16.3. The largest absolute Gasteiger partial charge is 0.274 e. The fourth-order valence-electron chi connectivity index (χ4n) is 2.26. The van der Waals surface area contributed by atoms with Crippen molar-refractivity contribution < 1.29 is 9.63 Å². The van der Waals surface area contributed by atoms with E-state index in [2.05, 4.69) is 13.0 Å². The number of hydrogen-bond donors (Lipinski definition) is 0. The first-order valence-electron chi connectivity index (χ1n) is 8.87. The Morgan fingerprint density at radius 1 is 0.909 bits per heavy atom. The van der Waals surface area contributed by atoms with Crippen LogP contribution < -0.4 is 0 Å². The maximum atomic E-state index is 11.4. The number of amides is 1. The quantitative estimate of drug-likeness (QED) is 0.185. The van der Waals surface area contributed by atoms with E-state index >= 15 is 0 Å². The van der Waals surface area contributed by atoms with Crippen LogP contribution in [0.3, 0.4) is 0 Å². The zero-order chi connectivity index (χ0) is 16.5. The molecule has 3 heteroatoms. The Morgan fingerprint density at radius 2 is 1.45 bits per heavy atom. The van der Waals surface area contributed by atoms with Crippen LogP contribution in [0.25, 0.3) is 0 Å². The molecule has 0 N–H and O–H groups in total. The molecule has 0 bridgehead atoms. The van der Waals surface area contributed by atoms with Gasteiger partial charge in [0.1, 0.15) is 0 Å². The van der Waals surface area contributed by atoms with Crippen LogP contribution in [0.4, 0.5) is 0 Å². The van der Waals surface area contributed by atoms with E-state index in [1.807, 2.05) is 6.08 Å². The van der Waals surface area contributed by atoms with E-state index in [1.165, 1.54) is 82.5 Å². The van der Waals surface area contributed by atoms with Gasteiger partial charge in [0.05, 0.1) is 7.11 Å². The summed E-state index contributed by atoms with van der Waals surface area (Å²) in [5.41, 5.74) is 0. The van der Waals surface area contributed by atoms with Gasteiger partial charge in [0.15, 0.2) is 0 Å². The van der Waals surface area contributed by atoms with Crippen LogP contribution in [0.2, 0.25) is 0 Å². The molecule has 0 aromatic heterocycles. The molecule has 3 nitrogen and oxygen atoms in total. The summed E-state index contributed by atoms with van der Waals surface area (Å²) in [6, 6.07) is 0. The topological polar surface area (TPSA) is 29.5 Å². The third kappa shape index (κ3) is 13.9. The molecule has 1 amide bonds. The zero-order valence-electron chi connectivity index (χ0n) is 14.9. The van der Waals surface area contributed by atoms with Gasteiger partial charge in [-0.2, -0.15) is 0 Å². The van der Waals surface area contributed by atoms with Crippen molar-refractivity contribution in [3.05, 3.63) is 24.3 Å². The summed E-state index contributed by atoms with van der Waals surface area (Å²) < 4.78 is 0. The summed E-state index contributed by atoms with van der Waals surface area (Å²) in [5.74, 6) is -0.147. The molecule has 0 spiro atoms. The monoisotopic (exact) mass is 309 g/mol. The standard InChI is InChI=1S/C19H35NO2/c1-4-5-6-7-8-9-10-11-12-13-14-15-16-17-18-19(21)20(2)22-3/h15-18H,4-14H2,1-3H3/b16-15+,18-17-. The van der Waals surface area contributed by atoms with Gasteiger partial charge in [0.25, 0.3) is 5.91 Å². The second-order valence-electron chi connectivity index (χ2n) is 5.78. The predicted molar refractivity (Wildman–Crippen MR) is 94.5 cm³/mol. The van der Waals surface area contributed by atoms with Crippen LogP contribution in [-0.2, 0) is 9.63 Å². The van der Waals surface area contributed by atoms with Gasteiger partial charge in [0.2, 0.25) is 0 Å². The van der Waals surface area contributed by atoms with Crippen molar-refractivity contribution in [2.24, 2.45) is 0 Å². The average molecular weight is 309 g/mol. The summed E-state index contributed by atoms with van der Waals surface area (Å²) >= 11 is 0. The Morgan fingerprint density at radius 3 is 2.00 bits per heavy atom. The Balaban J connectivity index is 3.34. The van der Waals surface area contributed by atoms with Crippen molar-refractivity contribution in [1.29, 1.82) is 0 Å². The van der Waals surface area contributed by atoms with Crippen LogP contribution in [0.15, 0.2) is 24.3 Å². The Hall–Kier alpha value is -1.09. The molecule has 0 rings (SSSR count). The summed E-state index contributed by atoms with van der Waals surface area (Å²) in [6.45, 7) is 2.26. The number of carbonyl (C=O) groups excluding carboxylic acids is 1. The molecule has 0 aromatic rings. The Labute approximate surface area is 137 Å². The number of hydrogen-bond acceptors (Lipinski definition) is 2. The minimum Gasteiger partial charge on any atom is -0.274 e. The van der Waals surface area contributed by atoms with E-state index in [-0.39, 0.29) is 5.91 Å². The van der Waals surface area contributed by atoms with Crippen molar-refractivity contribution in [2.75, 3.05) is 14.2 Å². The van der Waals surface area contributed by atoms with Gasteiger partial charge >= 0.3 is 0 Å². The number of carbonyl (C=O) groups is 1. The van der Waals surface area contributed by atoms with E-state index in [1.54, 1.807) is 13.1 Å². The molecule has 0 aromatic carbocycles. The molecule has 0 heterocycles. The van der Waals surface area contributed by atoms with E-state index in [0.29, 0.717) is 0 Å². The smallest absolute Gasteiger partial charge is 0.269 e. The van der Waals surface area contributed by atoms with Gasteiger partial charge in [-0.3, -0.25) is 9.63 Å². The highest BCUT2D eigenvalue weighted by atomic mass is 16.7. The molecule has 0 fully saturated rings. The average Bonchev–Trinajstić information content (AvgIpc) is 2.54. The molecule has 128 valence electrons. The second-order valence-corrected chi connectivity index (χ2v) is 5.78. The minimum absolute atomic E-state index is 0.147. The van der Waals surface area contributed by atoms with Crippen LogP contribution in [-0.4, -0.2) is 25.1 Å². The molecule has 0 unspecified atom stereocenters. The molecule has 0 radical (unpaired) electrons. The van der Waals surface area contributed by atoms with Crippen molar-refractivity contribution in [3.8, 4) is 0 Å². The van der Waals surface area contributed by atoms with Crippen LogP contribution in [0.1, 0.15) is 77.6 Å². The maximum Gasteiger partial charge on any atom is 0.269 e. The predicted octanol–water partition coefficient (Wildman–Crippen LogP) is 5.43. The third-order valence-electron chi connectivity index (χ3n) is 3.79. The summed E-state index contributed by atoms with van der Waals surface area (Å²) in [4.78, 5) is 16.2. The van der Waals surface area contributed by atoms with Crippen LogP contribution in [0.5, 0.6) is 0 Å². The molecular formula is C19H35NO2. The zero-order valence-corrected chi connectivity index (χ0v) is 14.9. The lowest BCUT2D eigenvalue weighted by atomic mass is 10.1. The van der Waals surface area contributed by atoms with Crippen molar-refractivity contribution in [2.45, 2.75) is 77.6 Å². The number of nitrogens with zero attached hydrogens (tertiary/aromatic N) is 1. The Bertz CT molecular complexity index is 311. The highest BCUT2D eigenvalue weighted by molar-refractivity contribution is 5.86. The number of allylic oxidation sites excluding steroid dienone is 3. The lowest BCUT2D eigenvalue weighted by molar-refractivity contribution is -0.162. The number of likely N-dealkylation sites (N-methyl/N-ethyl adjacent to an activating group) is 1. The number of hydroxylamine groups is 2. The van der Waals surface area contributed by atoms with E-state index in [4.69, 9.17) is 4.84 Å². The highest BCUT2D eigenvalue weighted by Gasteiger charge is 2.00. The first-order chi connectivity index (χ1) is 10.7.